The van der Waals surface area contributed by atoms with Crippen LogP contribution in [-0.4, -0.2) is 27.0 Å². The van der Waals surface area contributed by atoms with E-state index < -0.39 is 0 Å². The van der Waals surface area contributed by atoms with Gasteiger partial charge in [-0.3, -0.25) is 0 Å². The van der Waals surface area contributed by atoms with E-state index in [1.165, 1.54) is 0 Å². The molecule has 0 bridgehead atoms. The first kappa shape index (κ1) is 12.4. The van der Waals surface area contributed by atoms with Gasteiger partial charge < -0.3 is 15.0 Å². The molecular weight excluding hydrogens is 254 g/mol. The molecule has 0 atom stereocenters. The average molecular weight is 269 g/mol. The van der Waals surface area contributed by atoms with Crippen LogP contribution in [0.25, 0.3) is 11.0 Å². The van der Waals surface area contributed by atoms with Crippen molar-refractivity contribution in [2.75, 3.05) is 12.4 Å². The number of nitrogens with one attached hydrogen (secondary N) is 2. The molecule has 0 radical (unpaired) electrons. The second-order valence-corrected chi connectivity index (χ2v) is 4.46. The number of hydrogen-bond acceptors (Lipinski definition) is 5. The minimum absolute atomic E-state index is 0.591. The Kier molecular flexibility index (Phi) is 3.20. The van der Waals surface area contributed by atoms with Crippen LogP contribution in [0.1, 0.15) is 11.3 Å². The van der Waals surface area contributed by atoms with Gasteiger partial charge in [-0.1, -0.05) is 6.07 Å². The fourth-order valence-electron chi connectivity index (χ4n) is 2.13. The van der Waals surface area contributed by atoms with Gasteiger partial charge in [-0.2, -0.15) is 0 Å². The maximum Gasteiger partial charge on any atom is 0.218 e. The monoisotopic (exact) mass is 269 g/mol. The number of methoxy groups -OCH3 is 1. The van der Waals surface area contributed by atoms with Crippen molar-refractivity contribution in [1.29, 1.82) is 0 Å². The molecule has 0 aliphatic carbocycles. The summed E-state index contributed by atoms with van der Waals surface area (Å²) in [6, 6.07) is 5.88. The molecule has 0 aliphatic rings. The lowest BCUT2D eigenvalue weighted by atomic mass is 10.2. The first-order valence-corrected chi connectivity index (χ1v) is 6.30. The summed E-state index contributed by atoms with van der Waals surface area (Å²) < 4.78 is 5.24. The number of aromatic amines is 1. The molecule has 0 fully saturated rings. The fraction of sp³-hybridized carbons (Fsp3) is 0.214. The van der Waals surface area contributed by atoms with Crippen LogP contribution in [0, 0.1) is 6.92 Å². The highest BCUT2D eigenvalue weighted by Gasteiger charge is 2.08. The number of pyridine rings is 1. The molecule has 0 saturated heterocycles. The van der Waals surface area contributed by atoms with Crippen LogP contribution < -0.4 is 10.1 Å². The summed E-state index contributed by atoms with van der Waals surface area (Å²) >= 11 is 0. The molecule has 2 N–H and O–H groups in total. The van der Waals surface area contributed by atoms with Crippen molar-refractivity contribution in [3.8, 4) is 5.88 Å². The number of aromatic nitrogens is 4. The number of anilines is 1. The maximum atomic E-state index is 5.24. The number of fused-ring (bicyclic) bond motifs is 1. The van der Waals surface area contributed by atoms with Crippen LogP contribution >= 0.6 is 0 Å². The van der Waals surface area contributed by atoms with E-state index in [4.69, 9.17) is 4.74 Å². The maximum absolute atomic E-state index is 5.24. The first-order valence-electron chi connectivity index (χ1n) is 6.30. The molecule has 3 rings (SSSR count). The molecule has 102 valence electrons. The molecule has 3 aromatic heterocycles. The third kappa shape index (κ3) is 2.27. The summed E-state index contributed by atoms with van der Waals surface area (Å²) in [5.74, 6) is 1.42. The lowest BCUT2D eigenvalue weighted by molar-refractivity contribution is 0.393. The highest BCUT2D eigenvalue weighted by molar-refractivity contribution is 5.87. The minimum atomic E-state index is 0.591. The molecule has 0 saturated carbocycles. The van der Waals surface area contributed by atoms with Crippen LogP contribution in [0.5, 0.6) is 5.88 Å². The van der Waals surface area contributed by atoms with Crippen LogP contribution in [0.2, 0.25) is 0 Å². The van der Waals surface area contributed by atoms with Gasteiger partial charge in [-0.15, -0.1) is 0 Å². The third-order valence-corrected chi connectivity index (χ3v) is 3.05. The smallest absolute Gasteiger partial charge is 0.218 e. The molecule has 0 aliphatic heterocycles. The van der Waals surface area contributed by atoms with E-state index >= 15 is 0 Å². The average Bonchev–Trinajstić information content (AvgIpc) is 2.86. The van der Waals surface area contributed by atoms with E-state index in [0.717, 1.165) is 28.1 Å². The minimum Gasteiger partial charge on any atom is -0.481 e. The molecule has 3 heterocycles. The Morgan fingerprint density at radius 2 is 2.20 bits per heavy atom. The van der Waals surface area contributed by atoms with Crippen molar-refractivity contribution < 1.29 is 4.74 Å². The molecule has 0 spiro atoms. The Labute approximate surface area is 116 Å². The van der Waals surface area contributed by atoms with E-state index in [0.29, 0.717) is 12.4 Å². The van der Waals surface area contributed by atoms with Crippen molar-refractivity contribution in [2.45, 2.75) is 13.5 Å². The van der Waals surface area contributed by atoms with E-state index in [-0.39, 0.29) is 0 Å². The van der Waals surface area contributed by atoms with Gasteiger partial charge in [0.1, 0.15) is 17.8 Å². The SMILES string of the molecule is COc1ncccc1CNc1ncnc2[nH]c(C)cc12. The van der Waals surface area contributed by atoms with Crippen molar-refractivity contribution in [3.05, 3.63) is 42.0 Å². The van der Waals surface area contributed by atoms with Crippen LogP contribution in [0.3, 0.4) is 0 Å². The number of nitrogens with zero attached hydrogens (tertiary/aromatic N) is 3. The topological polar surface area (TPSA) is 75.7 Å². The number of H-pyrrole nitrogens is 1. The summed E-state index contributed by atoms with van der Waals surface area (Å²) in [6.45, 7) is 2.59. The first-order chi connectivity index (χ1) is 9.78. The van der Waals surface area contributed by atoms with Crippen molar-refractivity contribution in [2.24, 2.45) is 0 Å². The van der Waals surface area contributed by atoms with E-state index in [2.05, 4.69) is 25.3 Å². The summed E-state index contributed by atoms with van der Waals surface area (Å²) in [7, 11) is 1.62. The van der Waals surface area contributed by atoms with E-state index in [9.17, 15) is 0 Å². The highest BCUT2D eigenvalue weighted by atomic mass is 16.5. The lowest BCUT2D eigenvalue weighted by Crippen LogP contribution is -2.04. The Morgan fingerprint density at radius 1 is 1.30 bits per heavy atom. The highest BCUT2D eigenvalue weighted by Crippen LogP contribution is 2.21. The number of hydrogen-bond donors (Lipinski definition) is 2. The Bertz CT molecular complexity index is 737. The molecule has 3 aromatic rings. The summed E-state index contributed by atoms with van der Waals surface area (Å²) in [5, 5.41) is 4.28. The van der Waals surface area contributed by atoms with Gasteiger partial charge in [0.15, 0.2) is 0 Å². The Hall–Kier alpha value is -2.63. The summed E-state index contributed by atoms with van der Waals surface area (Å²) in [4.78, 5) is 15.9. The fourth-order valence-corrected chi connectivity index (χ4v) is 2.13. The molecule has 20 heavy (non-hydrogen) atoms. The molecule has 0 amide bonds. The molecule has 0 aromatic carbocycles. The lowest BCUT2D eigenvalue weighted by Gasteiger charge is -2.09. The van der Waals surface area contributed by atoms with Crippen LogP contribution in [0.4, 0.5) is 5.82 Å². The van der Waals surface area contributed by atoms with Crippen molar-refractivity contribution >= 4 is 16.9 Å². The normalized spacial score (nSPS) is 10.7. The second-order valence-electron chi connectivity index (χ2n) is 4.46. The number of aryl methyl sites for hydroxylation is 1. The molecular formula is C14H15N5O. The van der Waals surface area contributed by atoms with Gasteiger partial charge in [0.2, 0.25) is 5.88 Å². The molecule has 6 heteroatoms. The van der Waals surface area contributed by atoms with Crippen LogP contribution in [0.15, 0.2) is 30.7 Å². The quantitative estimate of drug-likeness (QED) is 0.760. The van der Waals surface area contributed by atoms with Gasteiger partial charge in [0, 0.05) is 24.0 Å². The van der Waals surface area contributed by atoms with Crippen molar-refractivity contribution in [1.82, 2.24) is 19.9 Å². The van der Waals surface area contributed by atoms with Gasteiger partial charge in [-0.25, -0.2) is 15.0 Å². The van der Waals surface area contributed by atoms with E-state index in [1.807, 2.05) is 25.1 Å². The van der Waals surface area contributed by atoms with Gasteiger partial charge >= 0.3 is 0 Å². The number of rotatable bonds is 4. The van der Waals surface area contributed by atoms with Gasteiger partial charge in [0.25, 0.3) is 0 Å². The zero-order chi connectivity index (χ0) is 13.9. The Balaban J connectivity index is 1.87. The van der Waals surface area contributed by atoms with E-state index in [1.54, 1.807) is 19.6 Å². The predicted molar refractivity (Wildman–Crippen MR) is 76.7 cm³/mol. The second kappa shape index (κ2) is 5.16. The zero-order valence-electron chi connectivity index (χ0n) is 11.3. The molecule has 0 unspecified atom stereocenters. The van der Waals surface area contributed by atoms with Gasteiger partial charge in [0.05, 0.1) is 12.5 Å². The third-order valence-electron chi connectivity index (χ3n) is 3.05. The van der Waals surface area contributed by atoms with Crippen molar-refractivity contribution in [3.63, 3.8) is 0 Å². The predicted octanol–water partition coefficient (Wildman–Crippen LogP) is 2.28. The van der Waals surface area contributed by atoms with Gasteiger partial charge in [-0.05, 0) is 19.1 Å². The van der Waals surface area contributed by atoms with Crippen LogP contribution in [-0.2, 0) is 6.54 Å². The largest absolute Gasteiger partial charge is 0.481 e. The summed E-state index contributed by atoms with van der Waals surface area (Å²) in [5.41, 5.74) is 2.87. The summed E-state index contributed by atoms with van der Waals surface area (Å²) in [6.07, 6.45) is 3.25. The molecule has 6 nitrogen and oxygen atoms in total. The zero-order valence-corrected chi connectivity index (χ0v) is 11.3. The standard InChI is InChI=1S/C14H15N5O/c1-9-6-11-12(17-8-18-13(11)19-9)16-7-10-4-3-5-15-14(10)20-2/h3-6,8H,7H2,1-2H3,(H2,16,17,18,19). The Morgan fingerprint density at radius 3 is 3.05 bits per heavy atom. The number of ether oxygens (including phenoxy) is 1.